The summed E-state index contributed by atoms with van der Waals surface area (Å²) >= 11 is 0. The summed E-state index contributed by atoms with van der Waals surface area (Å²) in [6.45, 7) is 3.05. The van der Waals surface area contributed by atoms with Crippen molar-refractivity contribution in [1.82, 2.24) is 0 Å². The van der Waals surface area contributed by atoms with E-state index in [4.69, 9.17) is 9.47 Å². The van der Waals surface area contributed by atoms with Gasteiger partial charge in [-0.25, -0.2) is 4.79 Å². The minimum Gasteiger partial charge on any atom is -0.456 e. The van der Waals surface area contributed by atoms with Crippen LogP contribution < -0.4 is 0 Å². The third-order valence-corrected chi connectivity index (χ3v) is 1.95. The molecule has 1 atom stereocenters. The van der Waals surface area contributed by atoms with Gasteiger partial charge < -0.3 is 14.2 Å². The van der Waals surface area contributed by atoms with Gasteiger partial charge >= 0.3 is 5.97 Å². The number of ether oxygens (including phenoxy) is 3. The highest BCUT2D eigenvalue weighted by molar-refractivity contribution is 5.88. The summed E-state index contributed by atoms with van der Waals surface area (Å²) in [7, 11) is 0. The van der Waals surface area contributed by atoms with Crippen molar-refractivity contribution >= 4 is 5.97 Å². The molecular weight excluding hydrogens is 196 g/mol. The number of carbonyl (C=O) groups is 1. The minimum atomic E-state index is -0.509. The number of rotatable bonds is 3. The van der Waals surface area contributed by atoms with Crippen LogP contribution in [0.2, 0.25) is 0 Å². The van der Waals surface area contributed by atoms with Gasteiger partial charge in [0.05, 0.1) is 6.61 Å². The molecule has 0 spiro atoms. The molecule has 84 valence electrons. The second-order valence-electron chi connectivity index (χ2n) is 3.13. The molecule has 0 amide bonds. The van der Waals surface area contributed by atoms with Crippen LogP contribution in [-0.4, -0.2) is 32.1 Å². The van der Waals surface area contributed by atoms with Crippen molar-refractivity contribution in [3.63, 3.8) is 0 Å². The van der Waals surface area contributed by atoms with E-state index in [1.807, 2.05) is 0 Å². The Morgan fingerprint density at radius 3 is 3.07 bits per heavy atom. The first-order chi connectivity index (χ1) is 7.33. The smallest absolute Gasteiger partial charge is 0.384 e. The zero-order chi connectivity index (χ0) is 10.9. The van der Waals surface area contributed by atoms with E-state index >= 15 is 0 Å². The van der Waals surface area contributed by atoms with E-state index < -0.39 is 5.97 Å². The summed E-state index contributed by atoms with van der Waals surface area (Å²) in [4.78, 5) is 10.8. The van der Waals surface area contributed by atoms with E-state index in [-0.39, 0.29) is 12.9 Å². The summed E-state index contributed by atoms with van der Waals surface area (Å²) in [5.74, 6) is 4.41. The van der Waals surface area contributed by atoms with Crippen molar-refractivity contribution in [2.75, 3.05) is 19.8 Å². The predicted octanol–water partition coefficient (Wildman–Crippen LogP) is 1.10. The van der Waals surface area contributed by atoms with Crippen molar-refractivity contribution in [2.24, 2.45) is 0 Å². The molecule has 1 heterocycles. The molecule has 0 aromatic carbocycles. The van der Waals surface area contributed by atoms with Crippen LogP contribution in [-0.2, 0) is 19.0 Å². The lowest BCUT2D eigenvalue weighted by atomic mass is 10.2. The number of hydrogen-bond donors (Lipinski definition) is 0. The third kappa shape index (κ3) is 5.40. The van der Waals surface area contributed by atoms with E-state index in [0.717, 1.165) is 25.9 Å². The highest BCUT2D eigenvalue weighted by Gasteiger charge is 2.12. The van der Waals surface area contributed by atoms with Crippen LogP contribution in [0.5, 0.6) is 0 Å². The maximum atomic E-state index is 10.8. The van der Waals surface area contributed by atoms with Crippen LogP contribution in [0.1, 0.15) is 26.2 Å². The van der Waals surface area contributed by atoms with E-state index in [2.05, 4.69) is 16.6 Å². The molecule has 1 aliphatic rings. The first-order valence-electron chi connectivity index (χ1n) is 5.21. The maximum absolute atomic E-state index is 10.8. The first kappa shape index (κ1) is 12.0. The molecule has 1 fully saturated rings. The van der Waals surface area contributed by atoms with Crippen molar-refractivity contribution < 1.29 is 19.0 Å². The number of hydrogen-bond acceptors (Lipinski definition) is 4. The summed E-state index contributed by atoms with van der Waals surface area (Å²) in [6, 6.07) is 0. The van der Waals surface area contributed by atoms with Crippen LogP contribution in [0.25, 0.3) is 0 Å². The Morgan fingerprint density at radius 2 is 2.40 bits per heavy atom. The monoisotopic (exact) mass is 212 g/mol. The fourth-order valence-electron chi connectivity index (χ4n) is 1.25. The molecule has 1 unspecified atom stereocenters. The lowest BCUT2D eigenvalue weighted by Gasteiger charge is -2.21. The van der Waals surface area contributed by atoms with E-state index in [1.54, 1.807) is 6.92 Å². The molecule has 1 saturated heterocycles. The molecule has 15 heavy (non-hydrogen) atoms. The largest absolute Gasteiger partial charge is 0.456 e. The van der Waals surface area contributed by atoms with Gasteiger partial charge in [0.2, 0.25) is 0 Å². The minimum absolute atomic E-state index is 0.157. The van der Waals surface area contributed by atoms with Crippen molar-refractivity contribution in [3.8, 4) is 11.8 Å². The highest BCUT2D eigenvalue weighted by Crippen LogP contribution is 2.12. The Balaban J connectivity index is 2.11. The average Bonchev–Trinajstić information content (AvgIpc) is 2.26. The third-order valence-electron chi connectivity index (χ3n) is 1.95. The van der Waals surface area contributed by atoms with Crippen LogP contribution in [0, 0.1) is 11.8 Å². The standard InChI is InChI=1S/C11H16O4/c1-2-13-10(12)6-5-9-15-11-7-3-4-8-14-11/h11H,2-4,7-9H2,1H3. The Morgan fingerprint density at radius 1 is 1.53 bits per heavy atom. The van der Waals surface area contributed by atoms with Gasteiger partial charge in [-0.1, -0.05) is 5.92 Å². The van der Waals surface area contributed by atoms with Crippen LogP contribution in [0.15, 0.2) is 0 Å². The summed E-state index contributed by atoms with van der Waals surface area (Å²) in [6.07, 6.45) is 2.96. The summed E-state index contributed by atoms with van der Waals surface area (Å²) in [5, 5.41) is 0. The highest BCUT2D eigenvalue weighted by atomic mass is 16.7. The Hall–Kier alpha value is -1.05. The molecule has 4 heteroatoms. The Kier molecular flexibility index (Phi) is 5.83. The molecule has 4 nitrogen and oxygen atoms in total. The van der Waals surface area contributed by atoms with Crippen molar-refractivity contribution in [2.45, 2.75) is 32.5 Å². The van der Waals surface area contributed by atoms with Gasteiger partial charge in [-0.2, -0.15) is 0 Å². The number of esters is 1. The molecule has 0 radical (unpaired) electrons. The van der Waals surface area contributed by atoms with E-state index in [1.165, 1.54) is 0 Å². The lowest BCUT2D eigenvalue weighted by molar-refractivity contribution is -0.154. The number of carbonyl (C=O) groups excluding carboxylic acids is 1. The zero-order valence-corrected chi connectivity index (χ0v) is 8.95. The topological polar surface area (TPSA) is 44.8 Å². The Bertz CT molecular complexity index is 245. The molecule has 0 aromatic rings. The molecule has 0 bridgehead atoms. The zero-order valence-electron chi connectivity index (χ0n) is 8.95. The molecule has 0 saturated carbocycles. The summed E-state index contributed by atoms with van der Waals surface area (Å²) in [5.41, 5.74) is 0. The molecular formula is C11H16O4. The van der Waals surface area contributed by atoms with Gasteiger partial charge in [-0.05, 0) is 26.2 Å². The average molecular weight is 212 g/mol. The molecule has 0 N–H and O–H groups in total. The second kappa shape index (κ2) is 7.27. The van der Waals surface area contributed by atoms with Crippen molar-refractivity contribution in [3.05, 3.63) is 0 Å². The maximum Gasteiger partial charge on any atom is 0.384 e. The predicted molar refractivity (Wildman–Crippen MR) is 54.0 cm³/mol. The second-order valence-corrected chi connectivity index (χ2v) is 3.13. The van der Waals surface area contributed by atoms with Gasteiger partial charge in [0, 0.05) is 12.5 Å². The lowest BCUT2D eigenvalue weighted by Crippen LogP contribution is -2.22. The van der Waals surface area contributed by atoms with E-state index in [0.29, 0.717) is 6.61 Å². The van der Waals surface area contributed by atoms with Gasteiger partial charge in [-0.15, -0.1) is 0 Å². The fourth-order valence-corrected chi connectivity index (χ4v) is 1.25. The van der Waals surface area contributed by atoms with Crippen LogP contribution >= 0.6 is 0 Å². The normalized spacial score (nSPS) is 20.2. The molecule has 1 aliphatic heterocycles. The Labute approximate surface area is 89.9 Å². The van der Waals surface area contributed by atoms with Crippen molar-refractivity contribution in [1.29, 1.82) is 0 Å². The SMILES string of the molecule is CCOC(=O)C#CCOC1CCCCO1. The van der Waals surface area contributed by atoms with E-state index in [9.17, 15) is 4.79 Å². The summed E-state index contributed by atoms with van der Waals surface area (Å²) < 4.78 is 15.3. The van der Waals surface area contributed by atoms with Gasteiger partial charge in [-0.3, -0.25) is 0 Å². The van der Waals surface area contributed by atoms with Crippen LogP contribution in [0.3, 0.4) is 0 Å². The first-order valence-corrected chi connectivity index (χ1v) is 5.21. The molecule has 0 aliphatic carbocycles. The molecule has 1 rings (SSSR count). The van der Waals surface area contributed by atoms with Crippen LogP contribution in [0.4, 0.5) is 0 Å². The van der Waals surface area contributed by atoms with Gasteiger partial charge in [0.25, 0.3) is 0 Å². The quantitative estimate of drug-likeness (QED) is 0.399. The van der Waals surface area contributed by atoms with Gasteiger partial charge in [0.1, 0.15) is 6.61 Å². The molecule has 0 aromatic heterocycles. The van der Waals surface area contributed by atoms with Gasteiger partial charge in [0.15, 0.2) is 6.29 Å². The fraction of sp³-hybridized carbons (Fsp3) is 0.727.